The summed E-state index contributed by atoms with van der Waals surface area (Å²) in [5, 5.41) is 12.3. The number of amides is 2. The van der Waals surface area contributed by atoms with E-state index in [9.17, 15) is 14.4 Å². The molecule has 0 aliphatic rings. The van der Waals surface area contributed by atoms with Crippen LogP contribution in [0.4, 0.5) is 10.7 Å². The van der Waals surface area contributed by atoms with Gasteiger partial charge < -0.3 is 24.4 Å². The number of hydrogen-bond donors (Lipinski definition) is 1. The first-order chi connectivity index (χ1) is 17.1. The first kappa shape index (κ1) is 27.2. The zero-order valence-corrected chi connectivity index (χ0v) is 23.0. The van der Waals surface area contributed by atoms with Crippen molar-refractivity contribution >= 4 is 51.6 Å². The number of benzene rings is 1. The predicted octanol–water partition coefficient (Wildman–Crippen LogP) is 3.62. The number of aromatic nitrogens is 3. The van der Waals surface area contributed by atoms with Gasteiger partial charge >= 0.3 is 5.97 Å². The Hall–Kier alpha value is -3.38. The number of nitrogens with zero attached hydrogens (tertiary/aromatic N) is 5. The smallest absolute Gasteiger partial charge is 0.341 e. The van der Waals surface area contributed by atoms with Crippen molar-refractivity contribution in [1.29, 1.82) is 0 Å². The van der Waals surface area contributed by atoms with Gasteiger partial charge in [0.15, 0.2) is 11.0 Å². The molecule has 0 unspecified atom stereocenters. The van der Waals surface area contributed by atoms with Crippen molar-refractivity contribution in [2.45, 2.75) is 25.5 Å². The SMILES string of the molecule is CCn1c(SCC(=O)Nc2sc(C(=O)N(C)C)c(C)c2C(=O)OC)nnc1-c1cccc(N(C)C)c1. The second kappa shape index (κ2) is 11.6. The molecule has 0 fully saturated rings. The summed E-state index contributed by atoms with van der Waals surface area (Å²) in [5.74, 6) is -0.432. The fraction of sp³-hybridized carbons (Fsp3) is 0.375. The fourth-order valence-corrected chi connectivity index (χ4v) is 5.50. The lowest BCUT2D eigenvalue weighted by Gasteiger charge is -2.14. The number of esters is 1. The van der Waals surface area contributed by atoms with Gasteiger partial charge in [-0.2, -0.15) is 0 Å². The summed E-state index contributed by atoms with van der Waals surface area (Å²) in [6.45, 7) is 4.29. The lowest BCUT2D eigenvalue weighted by Crippen LogP contribution is -2.21. The number of nitrogens with one attached hydrogen (secondary N) is 1. The Bertz CT molecular complexity index is 1280. The molecule has 0 saturated heterocycles. The number of ether oxygens (including phenoxy) is 1. The minimum absolute atomic E-state index is 0.0460. The number of anilines is 2. The molecule has 0 radical (unpaired) electrons. The Labute approximate surface area is 218 Å². The highest BCUT2D eigenvalue weighted by molar-refractivity contribution is 7.99. The van der Waals surface area contributed by atoms with Gasteiger partial charge in [0.05, 0.1) is 23.3 Å². The molecular weight excluding hydrogens is 500 g/mol. The molecule has 192 valence electrons. The third-order valence-electron chi connectivity index (χ3n) is 5.38. The van der Waals surface area contributed by atoms with E-state index in [-0.39, 0.29) is 28.1 Å². The number of thiophene rings is 1. The largest absolute Gasteiger partial charge is 0.465 e. The van der Waals surface area contributed by atoms with Crippen LogP contribution in [0.2, 0.25) is 0 Å². The van der Waals surface area contributed by atoms with Crippen LogP contribution in [0.25, 0.3) is 11.4 Å². The van der Waals surface area contributed by atoms with E-state index in [1.807, 2.05) is 54.8 Å². The highest BCUT2D eigenvalue weighted by atomic mass is 32.2. The topological polar surface area (TPSA) is 110 Å². The summed E-state index contributed by atoms with van der Waals surface area (Å²) in [5.41, 5.74) is 2.64. The highest BCUT2D eigenvalue weighted by Crippen LogP contribution is 2.35. The molecule has 3 rings (SSSR count). The van der Waals surface area contributed by atoms with Gasteiger partial charge in [0, 0.05) is 46.0 Å². The Morgan fingerprint density at radius 3 is 2.50 bits per heavy atom. The van der Waals surface area contributed by atoms with Gasteiger partial charge in [-0.3, -0.25) is 9.59 Å². The van der Waals surface area contributed by atoms with Gasteiger partial charge in [-0.1, -0.05) is 23.9 Å². The average Bonchev–Trinajstić information content (AvgIpc) is 3.41. The van der Waals surface area contributed by atoms with Crippen LogP contribution in [-0.4, -0.2) is 78.5 Å². The van der Waals surface area contributed by atoms with Crippen molar-refractivity contribution in [3.8, 4) is 11.4 Å². The molecule has 10 nitrogen and oxygen atoms in total. The van der Waals surface area contributed by atoms with E-state index in [1.165, 1.54) is 23.8 Å². The van der Waals surface area contributed by atoms with Crippen molar-refractivity contribution < 1.29 is 19.1 Å². The standard InChI is InChI=1S/C24H30N6O4S2/c1-8-30-20(15-10-9-11-16(12-15)28(3)4)26-27-24(30)35-13-17(31)25-21-18(23(33)34-7)14(2)19(36-21)22(32)29(5)6/h9-12H,8,13H2,1-7H3,(H,25,31). The summed E-state index contributed by atoms with van der Waals surface area (Å²) in [6.07, 6.45) is 0. The molecule has 3 aromatic rings. The van der Waals surface area contributed by atoms with Crippen LogP contribution < -0.4 is 10.2 Å². The maximum atomic E-state index is 12.8. The van der Waals surface area contributed by atoms with Crippen molar-refractivity contribution in [3.05, 3.63) is 40.3 Å². The molecule has 0 aliphatic heterocycles. The first-order valence-electron chi connectivity index (χ1n) is 11.2. The second-order valence-electron chi connectivity index (χ2n) is 8.28. The third kappa shape index (κ3) is 5.71. The van der Waals surface area contributed by atoms with E-state index in [0.717, 1.165) is 28.4 Å². The van der Waals surface area contributed by atoms with Gasteiger partial charge in [-0.05, 0) is 31.5 Å². The summed E-state index contributed by atoms with van der Waals surface area (Å²) in [7, 11) is 8.47. The Morgan fingerprint density at radius 2 is 1.89 bits per heavy atom. The highest BCUT2D eigenvalue weighted by Gasteiger charge is 2.27. The van der Waals surface area contributed by atoms with Crippen LogP contribution in [0.5, 0.6) is 0 Å². The van der Waals surface area contributed by atoms with Crippen LogP contribution in [0.15, 0.2) is 29.4 Å². The minimum Gasteiger partial charge on any atom is -0.465 e. The van der Waals surface area contributed by atoms with E-state index in [2.05, 4.69) is 15.5 Å². The lowest BCUT2D eigenvalue weighted by atomic mass is 10.1. The average molecular weight is 531 g/mol. The molecule has 1 N–H and O–H groups in total. The zero-order valence-electron chi connectivity index (χ0n) is 21.4. The summed E-state index contributed by atoms with van der Waals surface area (Å²) in [4.78, 5) is 41.6. The van der Waals surface area contributed by atoms with Gasteiger partial charge in [-0.25, -0.2) is 4.79 Å². The molecule has 0 aliphatic carbocycles. The zero-order chi connectivity index (χ0) is 26.6. The van der Waals surface area contributed by atoms with Crippen molar-refractivity contribution in [2.24, 2.45) is 0 Å². The van der Waals surface area contributed by atoms with E-state index >= 15 is 0 Å². The van der Waals surface area contributed by atoms with Crippen molar-refractivity contribution in [2.75, 3.05) is 51.3 Å². The van der Waals surface area contributed by atoms with Gasteiger partial charge in [0.25, 0.3) is 5.91 Å². The molecule has 36 heavy (non-hydrogen) atoms. The van der Waals surface area contributed by atoms with Crippen LogP contribution >= 0.6 is 23.1 Å². The maximum absolute atomic E-state index is 12.8. The Balaban J connectivity index is 1.79. The molecule has 2 amide bonds. The lowest BCUT2D eigenvalue weighted by molar-refractivity contribution is -0.113. The van der Waals surface area contributed by atoms with E-state index in [1.54, 1.807) is 21.0 Å². The first-order valence-corrected chi connectivity index (χ1v) is 13.0. The van der Waals surface area contributed by atoms with Gasteiger partial charge in [-0.15, -0.1) is 21.5 Å². The summed E-state index contributed by atoms with van der Waals surface area (Å²) in [6, 6.07) is 8.00. The molecule has 0 bridgehead atoms. The molecule has 0 atom stereocenters. The molecular formula is C24H30N6O4S2. The van der Waals surface area contributed by atoms with Crippen molar-refractivity contribution in [1.82, 2.24) is 19.7 Å². The van der Waals surface area contributed by atoms with Crippen molar-refractivity contribution in [3.63, 3.8) is 0 Å². The van der Waals surface area contributed by atoms with Gasteiger partial charge in [0.2, 0.25) is 5.91 Å². The quantitative estimate of drug-likeness (QED) is 0.330. The molecule has 0 saturated carbocycles. The Kier molecular flexibility index (Phi) is 8.75. The van der Waals surface area contributed by atoms with E-state index < -0.39 is 5.97 Å². The van der Waals surface area contributed by atoms with Crippen LogP contribution in [0, 0.1) is 6.92 Å². The monoisotopic (exact) mass is 530 g/mol. The van der Waals surface area contributed by atoms with Gasteiger partial charge in [0.1, 0.15) is 5.00 Å². The second-order valence-corrected chi connectivity index (χ2v) is 10.2. The molecule has 2 heterocycles. The minimum atomic E-state index is -0.611. The summed E-state index contributed by atoms with van der Waals surface area (Å²) < 4.78 is 6.84. The number of rotatable bonds is 9. The van der Waals surface area contributed by atoms with Crippen LogP contribution in [0.3, 0.4) is 0 Å². The number of hydrogen-bond acceptors (Lipinski definition) is 9. The molecule has 0 spiro atoms. The molecule has 12 heteroatoms. The molecule has 2 aromatic heterocycles. The number of thioether (sulfide) groups is 1. The summed E-state index contributed by atoms with van der Waals surface area (Å²) >= 11 is 2.31. The third-order valence-corrected chi connectivity index (χ3v) is 7.54. The fourth-order valence-electron chi connectivity index (χ4n) is 3.47. The Morgan fingerprint density at radius 1 is 1.17 bits per heavy atom. The van der Waals surface area contributed by atoms with Crippen LogP contribution in [0.1, 0.15) is 32.5 Å². The number of carbonyl (C=O) groups is 3. The normalized spacial score (nSPS) is 10.8. The maximum Gasteiger partial charge on any atom is 0.341 e. The predicted molar refractivity (Wildman–Crippen MR) is 143 cm³/mol. The van der Waals surface area contributed by atoms with E-state index in [4.69, 9.17) is 4.74 Å². The number of methoxy groups -OCH3 is 1. The van der Waals surface area contributed by atoms with Crippen LogP contribution in [-0.2, 0) is 16.1 Å². The molecule has 1 aromatic carbocycles. The van der Waals surface area contributed by atoms with E-state index in [0.29, 0.717) is 22.1 Å². The number of carbonyl (C=O) groups excluding carboxylic acids is 3.